The van der Waals surface area contributed by atoms with Crippen molar-refractivity contribution in [2.45, 2.75) is 72.3 Å². The largest absolute Gasteiger partial charge is 0.493 e. The molecule has 3 atom stereocenters. The van der Waals surface area contributed by atoms with Gasteiger partial charge in [-0.2, -0.15) is 0 Å². The third kappa shape index (κ3) is 6.64. The molecule has 3 rings (SSSR count). The predicted molar refractivity (Wildman–Crippen MR) is 136 cm³/mol. The van der Waals surface area contributed by atoms with E-state index < -0.39 is 11.9 Å². The number of hydrogen-bond acceptors (Lipinski definition) is 5. The van der Waals surface area contributed by atoms with Crippen LogP contribution in [0.3, 0.4) is 0 Å². The Morgan fingerprint density at radius 1 is 1.29 bits per heavy atom. The lowest BCUT2D eigenvalue weighted by Gasteiger charge is -2.33. The molecule has 2 aliphatic heterocycles. The van der Waals surface area contributed by atoms with Crippen LogP contribution in [0, 0.1) is 11.3 Å². The number of amides is 1. The van der Waals surface area contributed by atoms with Gasteiger partial charge in [0.05, 0.1) is 25.7 Å². The molecule has 2 heterocycles. The molecular weight excluding hydrogens is 444 g/mol. The number of benzene rings is 1. The summed E-state index contributed by atoms with van der Waals surface area (Å²) in [7, 11) is 0. The highest BCUT2D eigenvalue weighted by Gasteiger charge is 2.48. The smallest absolute Gasteiger partial charge is 0.308 e. The van der Waals surface area contributed by atoms with Crippen LogP contribution >= 0.6 is 0 Å². The molecule has 7 heteroatoms. The fraction of sp³-hybridized carbons (Fsp3) is 0.643. The van der Waals surface area contributed by atoms with Gasteiger partial charge in [0.15, 0.2) is 0 Å². The summed E-state index contributed by atoms with van der Waals surface area (Å²) in [6.45, 7) is 12.6. The molecular formula is C28H42N2O5. The molecule has 2 aliphatic rings. The Morgan fingerprint density at radius 3 is 2.71 bits per heavy atom. The average Bonchev–Trinajstić information content (AvgIpc) is 3.40. The van der Waals surface area contributed by atoms with E-state index in [1.165, 1.54) is 5.06 Å². The monoisotopic (exact) mass is 486 g/mol. The van der Waals surface area contributed by atoms with Crippen molar-refractivity contribution in [1.29, 1.82) is 0 Å². The first-order valence-corrected chi connectivity index (χ1v) is 13.0. The number of hydrogen-bond donors (Lipinski definition) is 1. The first-order chi connectivity index (χ1) is 16.7. The number of aliphatic carboxylic acids is 1. The van der Waals surface area contributed by atoms with Crippen molar-refractivity contribution in [3.63, 3.8) is 0 Å². The Morgan fingerprint density at radius 2 is 2.06 bits per heavy atom. The second-order valence-corrected chi connectivity index (χ2v) is 10.5. The van der Waals surface area contributed by atoms with Crippen LogP contribution in [-0.4, -0.2) is 65.8 Å². The van der Waals surface area contributed by atoms with E-state index in [2.05, 4.69) is 30.9 Å². The SMILES string of the molecule is C/C=C/C(C)(C)C[C@H]1[C@H](C(=O)O)[C@@H](c2ccc3c(c2)CCO3)CN1CC(=O)N(CCC)OCCC. The molecule has 0 aliphatic carbocycles. The number of likely N-dealkylation sites (tertiary alicyclic amines) is 1. The third-order valence-corrected chi connectivity index (χ3v) is 7.02. The van der Waals surface area contributed by atoms with Crippen LogP contribution in [0.5, 0.6) is 5.75 Å². The number of carbonyl (C=O) groups excluding carboxylic acids is 1. The zero-order valence-corrected chi connectivity index (χ0v) is 22.0. The van der Waals surface area contributed by atoms with Crippen LogP contribution in [0.4, 0.5) is 0 Å². The highest BCUT2D eigenvalue weighted by Crippen LogP contribution is 2.43. The van der Waals surface area contributed by atoms with Gasteiger partial charge in [0.1, 0.15) is 5.75 Å². The molecule has 1 N–H and O–H groups in total. The molecule has 0 saturated carbocycles. The van der Waals surface area contributed by atoms with E-state index in [0.29, 0.717) is 32.7 Å². The molecule has 0 radical (unpaired) electrons. The van der Waals surface area contributed by atoms with Crippen molar-refractivity contribution in [3.8, 4) is 5.75 Å². The molecule has 1 aromatic carbocycles. The summed E-state index contributed by atoms with van der Waals surface area (Å²) in [4.78, 5) is 33.8. The highest BCUT2D eigenvalue weighted by atomic mass is 16.7. The average molecular weight is 487 g/mol. The zero-order chi connectivity index (χ0) is 25.6. The molecule has 35 heavy (non-hydrogen) atoms. The van der Waals surface area contributed by atoms with E-state index in [1.807, 2.05) is 39.0 Å². The van der Waals surface area contributed by atoms with E-state index in [0.717, 1.165) is 36.1 Å². The summed E-state index contributed by atoms with van der Waals surface area (Å²) >= 11 is 0. The number of ether oxygens (including phenoxy) is 1. The first-order valence-electron chi connectivity index (χ1n) is 13.0. The highest BCUT2D eigenvalue weighted by molar-refractivity contribution is 5.78. The van der Waals surface area contributed by atoms with E-state index in [-0.39, 0.29) is 29.8 Å². The summed E-state index contributed by atoms with van der Waals surface area (Å²) in [5, 5.41) is 11.9. The Balaban J connectivity index is 1.92. The van der Waals surface area contributed by atoms with E-state index in [4.69, 9.17) is 9.57 Å². The van der Waals surface area contributed by atoms with E-state index in [1.54, 1.807) is 0 Å². The van der Waals surface area contributed by atoms with Gasteiger partial charge < -0.3 is 9.84 Å². The molecule has 1 saturated heterocycles. The number of carboxylic acid groups (broad SMARTS) is 1. The van der Waals surface area contributed by atoms with Crippen molar-refractivity contribution in [2.24, 2.45) is 11.3 Å². The Bertz CT molecular complexity index is 913. The summed E-state index contributed by atoms with van der Waals surface area (Å²) in [5.74, 6) is -0.839. The summed E-state index contributed by atoms with van der Waals surface area (Å²) in [6, 6.07) is 5.80. The third-order valence-electron chi connectivity index (χ3n) is 7.02. The summed E-state index contributed by atoms with van der Waals surface area (Å²) < 4.78 is 5.66. The summed E-state index contributed by atoms with van der Waals surface area (Å²) in [5.41, 5.74) is 1.95. The minimum atomic E-state index is -0.810. The fourth-order valence-corrected chi connectivity index (χ4v) is 5.50. The lowest BCUT2D eigenvalue weighted by molar-refractivity contribution is -0.188. The summed E-state index contributed by atoms with van der Waals surface area (Å²) in [6.07, 6.45) is 7.25. The van der Waals surface area contributed by atoms with Gasteiger partial charge in [0.25, 0.3) is 5.91 Å². The molecule has 0 bridgehead atoms. The molecule has 0 spiro atoms. The second kappa shape index (κ2) is 12.0. The van der Waals surface area contributed by atoms with Gasteiger partial charge in [-0.15, -0.1) is 0 Å². The lowest BCUT2D eigenvalue weighted by Crippen LogP contribution is -2.45. The second-order valence-electron chi connectivity index (χ2n) is 10.5. The molecule has 1 amide bonds. The van der Waals surface area contributed by atoms with Gasteiger partial charge >= 0.3 is 5.97 Å². The molecule has 7 nitrogen and oxygen atoms in total. The van der Waals surface area contributed by atoms with Crippen LogP contribution in [-0.2, 0) is 20.8 Å². The molecule has 1 aromatic rings. The van der Waals surface area contributed by atoms with Crippen LogP contribution < -0.4 is 4.74 Å². The standard InChI is InChI=1S/C28H42N2O5/c1-6-12-28(4,5)17-23-26(27(32)33)22(20-9-10-24-21(16-20)11-15-34-24)18-29(23)19-25(31)30(13-7-2)35-14-8-3/h6,9-10,12,16,22-23,26H,7-8,11,13-15,17-19H2,1-5H3,(H,32,33)/b12-6+/t22-,23+,26-/m1/s1. The van der Waals surface area contributed by atoms with Crippen molar-refractivity contribution in [2.75, 3.05) is 32.8 Å². The number of carboxylic acids is 1. The van der Waals surface area contributed by atoms with E-state index >= 15 is 0 Å². The number of carbonyl (C=O) groups is 2. The minimum absolute atomic E-state index is 0.110. The van der Waals surface area contributed by atoms with Crippen LogP contribution in [0.15, 0.2) is 30.4 Å². The van der Waals surface area contributed by atoms with Gasteiger partial charge in [-0.3, -0.25) is 19.3 Å². The Hall–Kier alpha value is -2.38. The fourth-order valence-electron chi connectivity index (χ4n) is 5.50. The molecule has 194 valence electrons. The van der Waals surface area contributed by atoms with Crippen molar-refractivity contribution < 1.29 is 24.3 Å². The molecule has 0 aromatic heterocycles. The van der Waals surface area contributed by atoms with Gasteiger partial charge in [-0.25, -0.2) is 5.06 Å². The van der Waals surface area contributed by atoms with Crippen LogP contribution in [0.2, 0.25) is 0 Å². The van der Waals surface area contributed by atoms with Crippen LogP contribution in [0.25, 0.3) is 0 Å². The van der Waals surface area contributed by atoms with Gasteiger partial charge in [0.2, 0.25) is 0 Å². The molecule has 0 unspecified atom stereocenters. The van der Waals surface area contributed by atoms with E-state index in [9.17, 15) is 14.7 Å². The Kier molecular flexibility index (Phi) is 9.36. The van der Waals surface area contributed by atoms with Gasteiger partial charge in [-0.05, 0) is 48.8 Å². The van der Waals surface area contributed by atoms with Crippen molar-refractivity contribution in [1.82, 2.24) is 9.96 Å². The number of allylic oxidation sites excluding steroid dienone is 2. The number of nitrogens with zero attached hydrogens (tertiary/aromatic N) is 2. The van der Waals surface area contributed by atoms with Gasteiger partial charge in [0, 0.05) is 31.5 Å². The Labute approximate surface area is 210 Å². The lowest BCUT2D eigenvalue weighted by atomic mass is 9.77. The number of rotatable bonds is 12. The minimum Gasteiger partial charge on any atom is -0.493 e. The topological polar surface area (TPSA) is 79.3 Å². The normalized spacial score (nSPS) is 22.4. The maximum atomic E-state index is 13.3. The maximum absolute atomic E-state index is 13.3. The quantitative estimate of drug-likeness (QED) is 0.342. The van der Waals surface area contributed by atoms with Crippen molar-refractivity contribution in [3.05, 3.63) is 41.5 Å². The number of fused-ring (bicyclic) bond motifs is 1. The van der Waals surface area contributed by atoms with Crippen LogP contribution in [0.1, 0.15) is 70.9 Å². The zero-order valence-electron chi connectivity index (χ0n) is 22.0. The number of hydroxylamine groups is 2. The van der Waals surface area contributed by atoms with Crippen molar-refractivity contribution >= 4 is 11.9 Å². The predicted octanol–water partition coefficient (Wildman–Crippen LogP) is 4.66. The maximum Gasteiger partial charge on any atom is 0.308 e. The molecule has 1 fully saturated rings. The first kappa shape index (κ1) is 27.2. The van der Waals surface area contributed by atoms with Gasteiger partial charge in [-0.1, -0.05) is 52.0 Å².